The van der Waals surface area contributed by atoms with E-state index in [1.54, 1.807) is 7.11 Å². The SMILES string of the molecule is COCc1nc(CCn2c(C(C)C)cc3cccnc32)no1. The van der Waals surface area contributed by atoms with Crippen molar-refractivity contribution in [3.63, 3.8) is 0 Å². The van der Waals surface area contributed by atoms with Crippen LogP contribution in [-0.4, -0.2) is 26.8 Å². The zero-order chi connectivity index (χ0) is 15.5. The number of rotatable bonds is 6. The van der Waals surface area contributed by atoms with Gasteiger partial charge in [-0.15, -0.1) is 0 Å². The Morgan fingerprint density at radius 1 is 1.36 bits per heavy atom. The lowest BCUT2D eigenvalue weighted by atomic mass is 10.1. The van der Waals surface area contributed by atoms with Crippen LogP contribution in [0.5, 0.6) is 0 Å². The van der Waals surface area contributed by atoms with Gasteiger partial charge in [0.25, 0.3) is 5.89 Å². The normalized spacial score (nSPS) is 11.6. The summed E-state index contributed by atoms with van der Waals surface area (Å²) < 4.78 is 12.4. The molecule has 0 fully saturated rings. The quantitative estimate of drug-likeness (QED) is 0.700. The average Bonchev–Trinajstić information content (AvgIpc) is 3.10. The van der Waals surface area contributed by atoms with Gasteiger partial charge >= 0.3 is 0 Å². The second-order valence-corrected chi connectivity index (χ2v) is 5.58. The maximum atomic E-state index is 5.13. The van der Waals surface area contributed by atoms with Crippen molar-refractivity contribution in [1.29, 1.82) is 0 Å². The van der Waals surface area contributed by atoms with Crippen molar-refractivity contribution in [2.45, 2.75) is 39.3 Å². The molecule has 0 N–H and O–H groups in total. The number of ether oxygens (including phenoxy) is 1. The van der Waals surface area contributed by atoms with Gasteiger partial charge in [-0.05, 0) is 24.1 Å². The van der Waals surface area contributed by atoms with Crippen LogP contribution in [0.15, 0.2) is 28.9 Å². The second kappa shape index (κ2) is 6.27. The number of fused-ring (bicyclic) bond motifs is 1. The molecule has 0 aliphatic rings. The summed E-state index contributed by atoms with van der Waals surface area (Å²) in [4.78, 5) is 8.83. The van der Waals surface area contributed by atoms with Crippen LogP contribution in [-0.2, 0) is 24.3 Å². The predicted octanol–water partition coefficient (Wildman–Crippen LogP) is 2.93. The summed E-state index contributed by atoms with van der Waals surface area (Å²) in [6.07, 6.45) is 2.53. The van der Waals surface area contributed by atoms with Crippen LogP contribution in [0.1, 0.15) is 37.2 Å². The molecular weight excluding hydrogens is 280 g/mol. The molecule has 22 heavy (non-hydrogen) atoms. The maximum absolute atomic E-state index is 5.13. The van der Waals surface area contributed by atoms with E-state index in [4.69, 9.17) is 9.26 Å². The van der Waals surface area contributed by atoms with Crippen molar-refractivity contribution in [3.05, 3.63) is 41.8 Å². The van der Waals surface area contributed by atoms with E-state index in [-0.39, 0.29) is 0 Å². The van der Waals surface area contributed by atoms with Crippen LogP contribution in [0.4, 0.5) is 0 Å². The average molecular weight is 300 g/mol. The van der Waals surface area contributed by atoms with Crippen molar-refractivity contribution < 1.29 is 9.26 Å². The molecule has 3 rings (SSSR count). The maximum Gasteiger partial charge on any atom is 0.252 e. The number of nitrogens with zero attached hydrogens (tertiary/aromatic N) is 4. The highest BCUT2D eigenvalue weighted by Crippen LogP contribution is 2.24. The largest absolute Gasteiger partial charge is 0.375 e. The summed E-state index contributed by atoms with van der Waals surface area (Å²) in [5.41, 5.74) is 2.28. The van der Waals surface area contributed by atoms with Crippen LogP contribution in [0.2, 0.25) is 0 Å². The van der Waals surface area contributed by atoms with Crippen molar-refractivity contribution in [1.82, 2.24) is 19.7 Å². The van der Waals surface area contributed by atoms with Gasteiger partial charge < -0.3 is 13.8 Å². The topological polar surface area (TPSA) is 66.0 Å². The van der Waals surface area contributed by atoms with E-state index in [0.29, 0.717) is 30.7 Å². The van der Waals surface area contributed by atoms with E-state index in [9.17, 15) is 0 Å². The molecule has 0 aliphatic carbocycles. The number of pyridine rings is 1. The predicted molar refractivity (Wildman–Crippen MR) is 82.5 cm³/mol. The first-order chi connectivity index (χ1) is 10.7. The number of hydrogen-bond acceptors (Lipinski definition) is 5. The van der Waals surface area contributed by atoms with E-state index < -0.39 is 0 Å². The molecule has 0 saturated heterocycles. The van der Waals surface area contributed by atoms with E-state index in [2.05, 4.69) is 45.7 Å². The minimum atomic E-state index is 0.345. The van der Waals surface area contributed by atoms with Crippen LogP contribution in [0, 0.1) is 0 Å². The molecule has 0 aliphatic heterocycles. The summed E-state index contributed by atoms with van der Waals surface area (Å²) in [6, 6.07) is 6.27. The fraction of sp³-hybridized carbons (Fsp3) is 0.438. The fourth-order valence-electron chi connectivity index (χ4n) is 2.61. The van der Waals surface area contributed by atoms with Gasteiger partial charge in [0.15, 0.2) is 5.82 Å². The lowest BCUT2D eigenvalue weighted by molar-refractivity contribution is 0.151. The molecule has 6 nitrogen and oxygen atoms in total. The van der Waals surface area contributed by atoms with Crippen LogP contribution < -0.4 is 0 Å². The molecule has 3 aromatic rings. The third-order valence-electron chi connectivity index (χ3n) is 3.62. The molecule has 0 bridgehead atoms. The highest BCUT2D eigenvalue weighted by Gasteiger charge is 2.13. The Balaban J connectivity index is 1.84. The van der Waals surface area contributed by atoms with Gasteiger partial charge in [-0.2, -0.15) is 4.98 Å². The summed E-state index contributed by atoms with van der Waals surface area (Å²) in [5.74, 6) is 1.64. The number of aromatic nitrogens is 4. The van der Waals surface area contributed by atoms with E-state index in [1.165, 1.54) is 11.1 Å². The van der Waals surface area contributed by atoms with Crippen molar-refractivity contribution >= 4 is 11.0 Å². The molecule has 0 aromatic carbocycles. The van der Waals surface area contributed by atoms with Gasteiger partial charge in [0.05, 0.1) is 0 Å². The third-order valence-corrected chi connectivity index (χ3v) is 3.62. The lowest BCUT2D eigenvalue weighted by Crippen LogP contribution is -2.08. The first-order valence-electron chi connectivity index (χ1n) is 7.43. The molecular formula is C16H20N4O2. The van der Waals surface area contributed by atoms with Gasteiger partial charge in [-0.3, -0.25) is 0 Å². The second-order valence-electron chi connectivity index (χ2n) is 5.58. The van der Waals surface area contributed by atoms with E-state index in [1.807, 2.05) is 12.3 Å². The van der Waals surface area contributed by atoms with Gasteiger partial charge in [0.2, 0.25) is 0 Å². The molecule has 3 aromatic heterocycles. The fourth-order valence-corrected chi connectivity index (χ4v) is 2.61. The Morgan fingerprint density at radius 2 is 2.23 bits per heavy atom. The van der Waals surface area contributed by atoms with Crippen molar-refractivity contribution in [3.8, 4) is 0 Å². The molecule has 3 heterocycles. The standard InChI is InChI=1S/C16H20N4O2/c1-11(2)13-9-12-5-4-7-17-16(12)20(13)8-6-14-18-15(10-21-3)22-19-14/h4-5,7,9,11H,6,8,10H2,1-3H3. The summed E-state index contributed by atoms with van der Waals surface area (Å²) >= 11 is 0. The van der Waals surface area contributed by atoms with Crippen LogP contribution in [0.25, 0.3) is 11.0 Å². The molecule has 6 heteroatoms. The van der Waals surface area contributed by atoms with E-state index in [0.717, 1.165) is 12.2 Å². The summed E-state index contributed by atoms with van der Waals surface area (Å²) in [6.45, 7) is 5.50. The van der Waals surface area contributed by atoms with Gasteiger partial charge in [-0.25, -0.2) is 4.98 Å². The zero-order valence-electron chi connectivity index (χ0n) is 13.1. The number of hydrogen-bond donors (Lipinski definition) is 0. The van der Waals surface area contributed by atoms with Crippen molar-refractivity contribution in [2.24, 2.45) is 0 Å². The highest BCUT2D eigenvalue weighted by molar-refractivity contribution is 5.77. The zero-order valence-corrected chi connectivity index (χ0v) is 13.1. The Hall–Kier alpha value is -2.21. The third kappa shape index (κ3) is 2.87. The highest BCUT2D eigenvalue weighted by atomic mass is 16.5. The minimum absolute atomic E-state index is 0.345. The van der Waals surface area contributed by atoms with Crippen LogP contribution >= 0.6 is 0 Å². The minimum Gasteiger partial charge on any atom is -0.375 e. The molecule has 116 valence electrons. The first kappa shape index (κ1) is 14.7. The molecule has 0 saturated carbocycles. The Morgan fingerprint density at radius 3 is 3.00 bits per heavy atom. The van der Waals surface area contributed by atoms with E-state index >= 15 is 0 Å². The summed E-state index contributed by atoms with van der Waals surface area (Å²) in [5, 5.41) is 5.16. The lowest BCUT2D eigenvalue weighted by Gasteiger charge is -2.11. The monoisotopic (exact) mass is 300 g/mol. The van der Waals surface area contributed by atoms with Gasteiger partial charge in [-0.1, -0.05) is 19.0 Å². The van der Waals surface area contributed by atoms with Gasteiger partial charge in [0, 0.05) is 37.4 Å². The molecule has 0 spiro atoms. The Bertz CT molecular complexity index is 760. The molecule has 0 unspecified atom stereocenters. The Labute approximate surface area is 129 Å². The van der Waals surface area contributed by atoms with Crippen LogP contribution in [0.3, 0.4) is 0 Å². The smallest absolute Gasteiger partial charge is 0.252 e. The molecule has 0 radical (unpaired) electrons. The number of methoxy groups -OCH3 is 1. The first-order valence-corrected chi connectivity index (χ1v) is 7.43. The van der Waals surface area contributed by atoms with Gasteiger partial charge in [0.1, 0.15) is 12.3 Å². The molecule has 0 atom stereocenters. The summed E-state index contributed by atoms with van der Waals surface area (Å²) in [7, 11) is 1.61. The van der Waals surface area contributed by atoms with Crippen molar-refractivity contribution in [2.75, 3.05) is 7.11 Å². The molecule has 0 amide bonds. The number of aryl methyl sites for hydroxylation is 2. The Kier molecular flexibility index (Phi) is 4.20.